The Kier molecular flexibility index (Phi) is 4.34. The van der Waals surface area contributed by atoms with E-state index in [4.69, 9.17) is 9.52 Å². The van der Waals surface area contributed by atoms with Crippen molar-refractivity contribution >= 4 is 11.7 Å². The molecule has 0 bridgehead atoms. The molecule has 0 spiro atoms. The predicted molar refractivity (Wildman–Crippen MR) is 74.0 cm³/mol. The van der Waals surface area contributed by atoms with E-state index in [9.17, 15) is 14.9 Å². The zero-order chi connectivity index (χ0) is 15.4. The maximum atomic E-state index is 10.9. The number of nitrogens with zero attached hydrogens (tertiary/aromatic N) is 1. The Morgan fingerprint density at radius 3 is 2.76 bits per heavy atom. The van der Waals surface area contributed by atoms with E-state index in [1.807, 2.05) is 0 Å². The van der Waals surface area contributed by atoms with Crippen LogP contribution in [0.3, 0.4) is 0 Å². The van der Waals surface area contributed by atoms with E-state index in [0.717, 1.165) is 5.56 Å². The minimum absolute atomic E-state index is 0.0382. The number of rotatable bonds is 6. The van der Waals surface area contributed by atoms with E-state index in [0.29, 0.717) is 24.6 Å². The van der Waals surface area contributed by atoms with Crippen LogP contribution < -0.4 is 5.32 Å². The van der Waals surface area contributed by atoms with Crippen LogP contribution in [0.4, 0.5) is 5.69 Å². The lowest BCUT2D eigenvalue weighted by Crippen LogP contribution is -2.12. The van der Waals surface area contributed by atoms with Gasteiger partial charge in [0, 0.05) is 18.7 Å². The molecule has 0 aliphatic carbocycles. The first kappa shape index (κ1) is 14.7. The first-order chi connectivity index (χ1) is 9.97. The van der Waals surface area contributed by atoms with Crippen molar-refractivity contribution in [3.05, 3.63) is 63.1 Å². The van der Waals surface area contributed by atoms with Crippen LogP contribution in [0.2, 0.25) is 0 Å². The number of carboxylic acid groups (broad SMARTS) is 1. The Balaban J connectivity index is 1.95. The smallest absolute Gasteiger partial charge is 0.339 e. The molecule has 7 heteroatoms. The van der Waals surface area contributed by atoms with Crippen molar-refractivity contribution < 1.29 is 19.2 Å². The molecule has 0 saturated carbocycles. The average molecular weight is 290 g/mol. The van der Waals surface area contributed by atoms with Gasteiger partial charge in [0.2, 0.25) is 0 Å². The summed E-state index contributed by atoms with van der Waals surface area (Å²) in [7, 11) is 0. The van der Waals surface area contributed by atoms with Crippen LogP contribution in [0.15, 0.2) is 34.7 Å². The quantitative estimate of drug-likeness (QED) is 0.625. The fraction of sp³-hybridized carbons (Fsp3) is 0.214. The number of carbonyl (C=O) groups is 1. The number of non-ortho nitro benzene ring substituents is 1. The minimum atomic E-state index is -1.03. The molecular formula is C14H14N2O5. The predicted octanol–water partition coefficient (Wildman–Crippen LogP) is 2.48. The first-order valence-electron chi connectivity index (χ1n) is 6.24. The van der Waals surface area contributed by atoms with Gasteiger partial charge in [-0.15, -0.1) is 0 Å². The van der Waals surface area contributed by atoms with E-state index in [-0.39, 0.29) is 11.3 Å². The van der Waals surface area contributed by atoms with Crippen LogP contribution in [-0.4, -0.2) is 16.0 Å². The molecule has 1 aromatic heterocycles. The number of nitrogens with one attached hydrogen (secondary N) is 1. The highest BCUT2D eigenvalue weighted by molar-refractivity contribution is 5.88. The number of aryl methyl sites for hydroxylation is 1. The average Bonchev–Trinajstić information content (AvgIpc) is 2.80. The number of benzene rings is 1. The molecule has 2 rings (SSSR count). The molecule has 0 unspecified atom stereocenters. The summed E-state index contributed by atoms with van der Waals surface area (Å²) in [5.41, 5.74) is 0.949. The highest BCUT2D eigenvalue weighted by Gasteiger charge is 2.13. The fourth-order valence-corrected chi connectivity index (χ4v) is 1.95. The lowest BCUT2D eigenvalue weighted by atomic mass is 10.2. The third-order valence-electron chi connectivity index (χ3n) is 2.95. The summed E-state index contributed by atoms with van der Waals surface area (Å²) in [5.74, 6) is -0.161. The number of carboxylic acids is 1. The summed E-state index contributed by atoms with van der Waals surface area (Å²) in [6.45, 7) is 2.36. The van der Waals surface area contributed by atoms with Gasteiger partial charge in [0.05, 0.1) is 11.5 Å². The van der Waals surface area contributed by atoms with Crippen molar-refractivity contribution in [2.24, 2.45) is 0 Å². The molecule has 0 atom stereocenters. The molecule has 0 aliphatic heterocycles. The zero-order valence-corrected chi connectivity index (χ0v) is 11.3. The van der Waals surface area contributed by atoms with Crippen molar-refractivity contribution in [1.82, 2.24) is 5.32 Å². The molecule has 0 aliphatic rings. The molecule has 0 saturated heterocycles. The third-order valence-corrected chi connectivity index (χ3v) is 2.95. The Hall–Kier alpha value is -2.67. The van der Waals surface area contributed by atoms with Crippen molar-refractivity contribution in [2.45, 2.75) is 20.0 Å². The minimum Gasteiger partial charge on any atom is -0.478 e. The van der Waals surface area contributed by atoms with E-state index in [2.05, 4.69) is 5.32 Å². The number of nitro benzene ring substituents is 1. The van der Waals surface area contributed by atoms with Crippen LogP contribution in [0.5, 0.6) is 0 Å². The Morgan fingerprint density at radius 1 is 1.38 bits per heavy atom. The van der Waals surface area contributed by atoms with Gasteiger partial charge in [-0.25, -0.2) is 4.79 Å². The second-order valence-electron chi connectivity index (χ2n) is 4.52. The van der Waals surface area contributed by atoms with Gasteiger partial charge < -0.3 is 14.8 Å². The van der Waals surface area contributed by atoms with Crippen LogP contribution >= 0.6 is 0 Å². The van der Waals surface area contributed by atoms with Gasteiger partial charge in [-0.3, -0.25) is 10.1 Å². The van der Waals surface area contributed by atoms with Gasteiger partial charge in [-0.1, -0.05) is 12.1 Å². The van der Waals surface area contributed by atoms with Crippen molar-refractivity contribution in [2.75, 3.05) is 0 Å². The van der Waals surface area contributed by atoms with E-state index < -0.39 is 10.9 Å². The molecule has 7 nitrogen and oxygen atoms in total. The highest BCUT2D eigenvalue weighted by Crippen LogP contribution is 2.15. The number of nitro groups is 1. The standard InChI is InChI=1S/C14H14N2O5/c1-9-13(14(17)18)6-12(21-9)8-15-7-10-3-2-4-11(5-10)16(19)20/h2-6,15H,7-8H2,1H3,(H,17,18). The lowest BCUT2D eigenvalue weighted by molar-refractivity contribution is -0.384. The molecule has 110 valence electrons. The fourth-order valence-electron chi connectivity index (χ4n) is 1.95. The number of hydrogen-bond donors (Lipinski definition) is 2. The normalized spacial score (nSPS) is 10.5. The number of aromatic carboxylic acids is 1. The van der Waals surface area contributed by atoms with Gasteiger partial charge in [-0.05, 0) is 18.6 Å². The molecule has 0 fully saturated rings. The molecule has 1 aromatic carbocycles. The summed E-state index contributed by atoms with van der Waals surface area (Å²) < 4.78 is 5.32. The Bertz CT molecular complexity index is 678. The molecule has 1 heterocycles. The van der Waals surface area contributed by atoms with Gasteiger partial charge in [-0.2, -0.15) is 0 Å². The summed E-state index contributed by atoms with van der Waals surface area (Å²) >= 11 is 0. The Morgan fingerprint density at radius 2 is 2.14 bits per heavy atom. The molecule has 0 amide bonds. The van der Waals surface area contributed by atoms with Gasteiger partial charge in [0.15, 0.2) is 0 Å². The molecule has 2 N–H and O–H groups in total. The number of hydrogen-bond acceptors (Lipinski definition) is 5. The van der Waals surface area contributed by atoms with Crippen LogP contribution in [0.1, 0.15) is 27.4 Å². The molecule has 2 aromatic rings. The largest absolute Gasteiger partial charge is 0.478 e. The first-order valence-corrected chi connectivity index (χ1v) is 6.24. The van der Waals surface area contributed by atoms with Gasteiger partial charge in [0.25, 0.3) is 5.69 Å². The summed E-state index contributed by atoms with van der Waals surface area (Å²) in [6, 6.07) is 7.78. The van der Waals surface area contributed by atoms with Gasteiger partial charge >= 0.3 is 5.97 Å². The second-order valence-corrected chi connectivity index (χ2v) is 4.52. The zero-order valence-electron chi connectivity index (χ0n) is 11.3. The Labute approximate surface area is 120 Å². The maximum absolute atomic E-state index is 10.9. The molecular weight excluding hydrogens is 276 g/mol. The van der Waals surface area contributed by atoms with E-state index in [1.165, 1.54) is 18.2 Å². The summed E-state index contributed by atoms with van der Waals surface area (Å²) in [4.78, 5) is 21.1. The number of furan rings is 1. The van der Waals surface area contributed by atoms with Crippen molar-refractivity contribution in [3.8, 4) is 0 Å². The third kappa shape index (κ3) is 3.67. The van der Waals surface area contributed by atoms with Crippen molar-refractivity contribution in [3.63, 3.8) is 0 Å². The topological polar surface area (TPSA) is 106 Å². The highest BCUT2D eigenvalue weighted by atomic mass is 16.6. The van der Waals surface area contributed by atoms with Crippen molar-refractivity contribution in [1.29, 1.82) is 0 Å². The maximum Gasteiger partial charge on any atom is 0.339 e. The van der Waals surface area contributed by atoms with E-state index in [1.54, 1.807) is 19.1 Å². The summed E-state index contributed by atoms with van der Waals surface area (Å²) in [6.07, 6.45) is 0. The molecule has 21 heavy (non-hydrogen) atoms. The second kappa shape index (κ2) is 6.19. The monoisotopic (exact) mass is 290 g/mol. The summed E-state index contributed by atoms with van der Waals surface area (Å²) in [5, 5.41) is 22.6. The lowest BCUT2D eigenvalue weighted by Gasteiger charge is -2.03. The molecule has 0 radical (unpaired) electrons. The SMILES string of the molecule is Cc1oc(CNCc2cccc([N+](=O)[O-])c2)cc1C(=O)O. The van der Waals surface area contributed by atoms with Crippen LogP contribution in [-0.2, 0) is 13.1 Å². The van der Waals surface area contributed by atoms with E-state index >= 15 is 0 Å². The van der Waals surface area contributed by atoms with Crippen LogP contribution in [0.25, 0.3) is 0 Å². The van der Waals surface area contributed by atoms with Crippen LogP contribution in [0, 0.1) is 17.0 Å². The van der Waals surface area contributed by atoms with Gasteiger partial charge in [0.1, 0.15) is 17.1 Å².